The van der Waals surface area contributed by atoms with Crippen molar-refractivity contribution in [3.05, 3.63) is 121 Å². The lowest BCUT2D eigenvalue weighted by Crippen LogP contribution is -2.12. The van der Waals surface area contributed by atoms with Crippen LogP contribution in [0, 0.1) is 0 Å². The molecule has 2 aliphatic heterocycles. The third kappa shape index (κ3) is 2.51. The predicted molar refractivity (Wildman–Crippen MR) is 129 cm³/mol. The topological polar surface area (TPSA) is 24.1 Å². The molecule has 0 saturated carbocycles. The summed E-state index contributed by atoms with van der Waals surface area (Å²) in [6.45, 7) is 0. The van der Waals surface area contributed by atoms with E-state index >= 15 is 0 Å². The van der Waals surface area contributed by atoms with Crippen molar-refractivity contribution < 1.29 is 0 Å². The molecule has 2 nitrogen and oxygen atoms in total. The summed E-state index contributed by atoms with van der Waals surface area (Å²) in [6.07, 6.45) is 20.6. The van der Waals surface area contributed by atoms with E-state index in [2.05, 4.69) is 83.5 Å². The summed E-state index contributed by atoms with van der Waals surface area (Å²) in [5.74, 6) is 0. The highest BCUT2D eigenvalue weighted by Crippen LogP contribution is 2.43. The van der Waals surface area contributed by atoms with Crippen molar-refractivity contribution in [3.63, 3.8) is 0 Å². The Bertz CT molecular complexity index is 1360. The van der Waals surface area contributed by atoms with E-state index in [-0.39, 0.29) is 0 Å². The summed E-state index contributed by atoms with van der Waals surface area (Å²) in [7, 11) is 0. The molecule has 2 heteroatoms. The Balaban J connectivity index is 1.85. The van der Waals surface area contributed by atoms with Crippen LogP contribution in [-0.4, -0.2) is 0 Å². The SMILES string of the molecule is C1=CC=C(c2c(C3=CC=CC=CN3)c3cccc4ccc5cccc2c5c43)NC=C1. The summed E-state index contributed by atoms with van der Waals surface area (Å²) in [4.78, 5) is 0. The number of hydrogen-bond acceptors (Lipinski definition) is 2. The van der Waals surface area contributed by atoms with Gasteiger partial charge in [-0.3, -0.25) is 0 Å². The van der Waals surface area contributed by atoms with Gasteiger partial charge in [0.2, 0.25) is 0 Å². The fourth-order valence-corrected chi connectivity index (χ4v) is 4.63. The molecule has 0 aromatic heterocycles. The molecule has 2 heterocycles. The summed E-state index contributed by atoms with van der Waals surface area (Å²) in [5.41, 5.74) is 4.61. The van der Waals surface area contributed by atoms with Gasteiger partial charge < -0.3 is 10.6 Å². The highest BCUT2D eigenvalue weighted by Gasteiger charge is 2.21. The lowest BCUT2D eigenvalue weighted by molar-refractivity contribution is 1.20. The Morgan fingerprint density at radius 2 is 0.967 bits per heavy atom. The second-order valence-electron chi connectivity index (χ2n) is 7.56. The Hall–Kier alpha value is -4.04. The molecule has 0 atom stereocenters. The molecule has 0 amide bonds. The lowest BCUT2D eigenvalue weighted by Gasteiger charge is -2.23. The molecular weight excluding hydrogens is 364 g/mol. The molecule has 4 aromatic carbocycles. The first-order valence-corrected chi connectivity index (χ1v) is 10.2. The maximum absolute atomic E-state index is 3.51. The lowest BCUT2D eigenvalue weighted by atomic mass is 9.85. The number of allylic oxidation sites excluding steroid dienone is 8. The summed E-state index contributed by atoms with van der Waals surface area (Å²) in [5, 5.41) is 14.7. The highest BCUT2D eigenvalue weighted by atomic mass is 14.9. The van der Waals surface area contributed by atoms with Crippen LogP contribution in [0.5, 0.6) is 0 Å². The van der Waals surface area contributed by atoms with Crippen LogP contribution >= 0.6 is 0 Å². The molecule has 6 rings (SSSR count). The normalized spacial score (nSPS) is 15.7. The maximum Gasteiger partial charge on any atom is 0.0466 e. The first kappa shape index (κ1) is 16.9. The average molecular weight is 384 g/mol. The van der Waals surface area contributed by atoms with E-state index in [9.17, 15) is 0 Å². The Kier molecular flexibility index (Phi) is 3.82. The number of hydrogen-bond donors (Lipinski definition) is 2. The fourth-order valence-electron chi connectivity index (χ4n) is 4.63. The van der Waals surface area contributed by atoms with Crippen LogP contribution in [0.2, 0.25) is 0 Å². The van der Waals surface area contributed by atoms with Crippen molar-refractivity contribution in [1.82, 2.24) is 10.6 Å². The van der Waals surface area contributed by atoms with Crippen molar-refractivity contribution >= 4 is 43.7 Å². The first-order valence-electron chi connectivity index (χ1n) is 10.2. The standard InChI is InChI=1S/C28H20N2/c1-3-13-23(29-17-5-1)27-21-11-7-9-19-15-16-20-10-8-12-22(26(20)25(19)21)28(27)24-14-4-2-6-18-30-24/h1-18,29-30H. The van der Waals surface area contributed by atoms with E-state index in [1.165, 1.54) is 43.4 Å². The minimum Gasteiger partial charge on any atom is -0.361 e. The third-order valence-corrected chi connectivity index (χ3v) is 5.85. The molecule has 2 N–H and O–H groups in total. The molecule has 0 saturated heterocycles. The molecule has 0 bridgehead atoms. The van der Waals surface area contributed by atoms with Gasteiger partial charge in [0, 0.05) is 34.9 Å². The van der Waals surface area contributed by atoms with E-state index in [1.807, 2.05) is 36.7 Å². The quantitative estimate of drug-likeness (QED) is 0.380. The smallest absolute Gasteiger partial charge is 0.0466 e. The molecule has 0 radical (unpaired) electrons. The minimum atomic E-state index is 1.09. The number of nitrogens with one attached hydrogen (secondary N) is 2. The molecule has 142 valence electrons. The van der Waals surface area contributed by atoms with E-state index in [0.29, 0.717) is 0 Å². The summed E-state index contributed by atoms with van der Waals surface area (Å²) in [6, 6.07) is 17.7. The first-order chi connectivity index (χ1) is 14.9. The van der Waals surface area contributed by atoms with E-state index in [4.69, 9.17) is 0 Å². The molecule has 30 heavy (non-hydrogen) atoms. The molecular formula is C28H20N2. The zero-order valence-corrected chi connectivity index (χ0v) is 16.4. The van der Waals surface area contributed by atoms with Crippen molar-refractivity contribution in [2.24, 2.45) is 0 Å². The van der Waals surface area contributed by atoms with Gasteiger partial charge in [-0.1, -0.05) is 72.8 Å². The average Bonchev–Trinajstić information content (AvgIpc) is 3.22. The largest absolute Gasteiger partial charge is 0.361 e. The molecule has 0 aliphatic carbocycles. The van der Waals surface area contributed by atoms with Crippen LogP contribution in [0.1, 0.15) is 11.1 Å². The van der Waals surface area contributed by atoms with E-state index in [0.717, 1.165) is 11.4 Å². The molecule has 0 unspecified atom stereocenters. The van der Waals surface area contributed by atoms with Crippen molar-refractivity contribution in [2.45, 2.75) is 0 Å². The molecule has 4 aromatic rings. The van der Waals surface area contributed by atoms with Crippen LogP contribution < -0.4 is 10.6 Å². The number of rotatable bonds is 2. The van der Waals surface area contributed by atoms with Crippen LogP contribution in [0.3, 0.4) is 0 Å². The van der Waals surface area contributed by atoms with Gasteiger partial charge in [-0.15, -0.1) is 0 Å². The second-order valence-corrected chi connectivity index (χ2v) is 7.56. The third-order valence-electron chi connectivity index (χ3n) is 5.85. The number of benzene rings is 4. The summed E-state index contributed by atoms with van der Waals surface area (Å²) < 4.78 is 0. The van der Waals surface area contributed by atoms with Crippen molar-refractivity contribution in [2.75, 3.05) is 0 Å². The summed E-state index contributed by atoms with van der Waals surface area (Å²) >= 11 is 0. The van der Waals surface area contributed by atoms with Gasteiger partial charge in [-0.25, -0.2) is 0 Å². The monoisotopic (exact) mass is 384 g/mol. The zero-order chi connectivity index (χ0) is 19.9. The van der Waals surface area contributed by atoms with Crippen LogP contribution in [0.4, 0.5) is 0 Å². The van der Waals surface area contributed by atoms with Gasteiger partial charge in [-0.2, -0.15) is 0 Å². The van der Waals surface area contributed by atoms with Crippen LogP contribution in [0.25, 0.3) is 43.7 Å². The Labute approximate surface area is 175 Å². The molecule has 0 fully saturated rings. The van der Waals surface area contributed by atoms with Crippen molar-refractivity contribution in [1.29, 1.82) is 0 Å². The van der Waals surface area contributed by atoms with Crippen molar-refractivity contribution in [3.8, 4) is 0 Å². The zero-order valence-electron chi connectivity index (χ0n) is 16.4. The van der Waals surface area contributed by atoms with Gasteiger partial charge in [0.05, 0.1) is 0 Å². The fraction of sp³-hybridized carbons (Fsp3) is 0. The highest BCUT2D eigenvalue weighted by molar-refractivity contribution is 6.27. The Morgan fingerprint density at radius 1 is 0.467 bits per heavy atom. The van der Waals surface area contributed by atoms with E-state index < -0.39 is 0 Å². The minimum absolute atomic E-state index is 1.09. The van der Waals surface area contributed by atoms with Gasteiger partial charge in [0.25, 0.3) is 0 Å². The van der Waals surface area contributed by atoms with Gasteiger partial charge >= 0.3 is 0 Å². The van der Waals surface area contributed by atoms with Crippen LogP contribution in [0.15, 0.2) is 110 Å². The van der Waals surface area contributed by atoms with Gasteiger partial charge in [0.15, 0.2) is 0 Å². The Morgan fingerprint density at radius 3 is 1.47 bits per heavy atom. The molecule has 2 aliphatic rings. The van der Waals surface area contributed by atoms with Crippen LogP contribution in [-0.2, 0) is 0 Å². The van der Waals surface area contributed by atoms with Gasteiger partial charge in [-0.05, 0) is 56.6 Å². The maximum atomic E-state index is 3.51. The molecule has 0 spiro atoms. The van der Waals surface area contributed by atoms with Gasteiger partial charge in [0.1, 0.15) is 0 Å². The predicted octanol–water partition coefficient (Wildman–Crippen LogP) is 6.61. The second kappa shape index (κ2) is 6.78. The van der Waals surface area contributed by atoms with E-state index in [1.54, 1.807) is 0 Å².